The van der Waals surface area contributed by atoms with E-state index in [9.17, 15) is 4.79 Å². The van der Waals surface area contributed by atoms with E-state index in [1.54, 1.807) is 25.9 Å². The number of allylic oxidation sites excluding steroid dienone is 2. The van der Waals surface area contributed by atoms with Crippen LogP contribution in [0.1, 0.15) is 29.3 Å². The van der Waals surface area contributed by atoms with E-state index in [1.165, 1.54) is 11.3 Å². The summed E-state index contributed by atoms with van der Waals surface area (Å²) in [6.07, 6.45) is 3.35. The molecule has 2 aromatic heterocycles. The molecule has 8 heteroatoms. The summed E-state index contributed by atoms with van der Waals surface area (Å²) in [6.45, 7) is 6.83. The molecule has 0 saturated carbocycles. The number of benzene rings is 2. The van der Waals surface area contributed by atoms with Gasteiger partial charge < -0.3 is 18.9 Å². The van der Waals surface area contributed by atoms with Crippen molar-refractivity contribution in [3.05, 3.63) is 87.1 Å². The Labute approximate surface area is 225 Å². The summed E-state index contributed by atoms with van der Waals surface area (Å²) in [5.41, 5.74) is 3.65. The van der Waals surface area contributed by atoms with Gasteiger partial charge in [-0.1, -0.05) is 43.0 Å². The molecule has 0 spiro atoms. The van der Waals surface area contributed by atoms with Crippen LogP contribution in [0.25, 0.3) is 27.4 Å². The molecule has 38 heavy (non-hydrogen) atoms. The van der Waals surface area contributed by atoms with Gasteiger partial charge in [0.1, 0.15) is 16.4 Å². The molecule has 7 nitrogen and oxygen atoms in total. The average Bonchev–Trinajstić information content (AvgIpc) is 3.33. The number of fused-ring (bicyclic) bond motifs is 3. The Bertz CT molecular complexity index is 1580. The van der Waals surface area contributed by atoms with E-state index in [-0.39, 0.29) is 5.56 Å². The highest BCUT2D eigenvalue weighted by molar-refractivity contribution is 7.19. The molecule has 0 radical (unpaired) electrons. The smallest absolute Gasteiger partial charge is 0.263 e. The molecular formula is C30H30N2O5S. The van der Waals surface area contributed by atoms with Crippen molar-refractivity contribution in [1.82, 2.24) is 9.55 Å². The summed E-state index contributed by atoms with van der Waals surface area (Å²) in [5.74, 6) is 2.78. The van der Waals surface area contributed by atoms with Crippen LogP contribution < -0.4 is 19.8 Å². The minimum absolute atomic E-state index is 0.0852. The van der Waals surface area contributed by atoms with Crippen LogP contribution in [0.2, 0.25) is 0 Å². The van der Waals surface area contributed by atoms with Crippen molar-refractivity contribution in [1.29, 1.82) is 0 Å². The molecule has 1 aliphatic rings. The lowest BCUT2D eigenvalue weighted by atomic mass is 9.95. The lowest BCUT2D eigenvalue weighted by Gasteiger charge is -2.19. The van der Waals surface area contributed by atoms with Gasteiger partial charge in [0.2, 0.25) is 5.75 Å². The second kappa shape index (κ2) is 10.8. The van der Waals surface area contributed by atoms with Gasteiger partial charge in [-0.3, -0.25) is 9.36 Å². The van der Waals surface area contributed by atoms with E-state index in [4.69, 9.17) is 23.9 Å². The van der Waals surface area contributed by atoms with Crippen molar-refractivity contribution in [2.75, 3.05) is 27.9 Å². The third-order valence-electron chi connectivity index (χ3n) is 6.69. The third kappa shape index (κ3) is 4.35. The Balaban J connectivity index is 1.81. The zero-order valence-corrected chi connectivity index (χ0v) is 22.8. The molecule has 0 aliphatic heterocycles. The maximum absolute atomic E-state index is 14.3. The molecule has 0 amide bonds. The van der Waals surface area contributed by atoms with E-state index >= 15 is 0 Å². The van der Waals surface area contributed by atoms with Crippen LogP contribution in [-0.2, 0) is 17.7 Å². The Morgan fingerprint density at radius 2 is 1.76 bits per heavy atom. The van der Waals surface area contributed by atoms with Crippen LogP contribution in [0.3, 0.4) is 0 Å². The number of aromatic nitrogens is 2. The summed E-state index contributed by atoms with van der Waals surface area (Å²) < 4.78 is 24.5. The fraction of sp³-hybridized carbons (Fsp3) is 0.267. The number of aryl methyl sites for hydroxylation is 1. The standard InChI is InChI=1S/C30H30N2O5S/c1-6-19-13-14-21-24-29(38-27(21)25(19)37-7-2)31-28(32(30(24)33)17-18-11-9-8-10-12-18)20-15-22(34-3)26(36-5)23(16-20)35-4/h6,8-12,15-16H,1,7,13-14,17H2,2-5H3. The maximum Gasteiger partial charge on any atom is 0.263 e. The van der Waals surface area contributed by atoms with Gasteiger partial charge in [-0.25, -0.2) is 4.98 Å². The van der Waals surface area contributed by atoms with Crippen molar-refractivity contribution in [3.8, 4) is 28.6 Å². The second-order valence-electron chi connectivity index (χ2n) is 8.81. The van der Waals surface area contributed by atoms with E-state index in [0.29, 0.717) is 52.0 Å². The first kappa shape index (κ1) is 25.6. The molecule has 0 saturated heterocycles. The molecule has 196 valence electrons. The molecule has 4 aromatic rings. The molecule has 2 heterocycles. The van der Waals surface area contributed by atoms with E-state index < -0.39 is 0 Å². The quantitative estimate of drug-likeness (QED) is 0.261. The normalized spacial score (nSPS) is 12.8. The number of thiophene rings is 1. The topological polar surface area (TPSA) is 71.8 Å². The number of ether oxygens (including phenoxy) is 4. The predicted molar refractivity (Wildman–Crippen MR) is 152 cm³/mol. The van der Waals surface area contributed by atoms with Crippen molar-refractivity contribution in [3.63, 3.8) is 0 Å². The Morgan fingerprint density at radius 3 is 2.37 bits per heavy atom. The van der Waals surface area contributed by atoms with Crippen LogP contribution in [0, 0.1) is 0 Å². The zero-order chi connectivity index (χ0) is 26.8. The highest BCUT2D eigenvalue weighted by Crippen LogP contribution is 2.43. The summed E-state index contributed by atoms with van der Waals surface area (Å²) in [7, 11) is 4.70. The lowest BCUT2D eigenvalue weighted by molar-refractivity contribution is 0.295. The number of rotatable bonds is 9. The van der Waals surface area contributed by atoms with Gasteiger partial charge in [-0.2, -0.15) is 0 Å². The van der Waals surface area contributed by atoms with Crippen LogP contribution >= 0.6 is 11.3 Å². The van der Waals surface area contributed by atoms with E-state index in [2.05, 4.69) is 6.58 Å². The van der Waals surface area contributed by atoms with Gasteiger partial charge in [0.15, 0.2) is 11.5 Å². The van der Waals surface area contributed by atoms with Gasteiger partial charge >= 0.3 is 0 Å². The summed E-state index contributed by atoms with van der Waals surface area (Å²) >= 11 is 1.49. The molecule has 2 aromatic carbocycles. The highest BCUT2D eigenvalue weighted by atomic mass is 32.1. The lowest BCUT2D eigenvalue weighted by Crippen LogP contribution is -2.24. The van der Waals surface area contributed by atoms with Crippen molar-refractivity contribution in [2.24, 2.45) is 0 Å². The molecule has 0 fully saturated rings. The monoisotopic (exact) mass is 530 g/mol. The average molecular weight is 531 g/mol. The molecule has 5 rings (SSSR count). The molecule has 0 bridgehead atoms. The van der Waals surface area contributed by atoms with Gasteiger partial charge in [-0.05, 0) is 48.6 Å². The van der Waals surface area contributed by atoms with Gasteiger partial charge in [-0.15, -0.1) is 11.3 Å². The highest BCUT2D eigenvalue weighted by Gasteiger charge is 2.28. The molecule has 1 aliphatic carbocycles. The number of nitrogens with zero attached hydrogens (tertiary/aromatic N) is 2. The van der Waals surface area contributed by atoms with Gasteiger partial charge in [0, 0.05) is 5.56 Å². The first-order chi connectivity index (χ1) is 18.5. The fourth-order valence-corrected chi connectivity index (χ4v) is 6.17. The first-order valence-corrected chi connectivity index (χ1v) is 13.2. The number of methoxy groups -OCH3 is 3. The van der Waals surface area contributed by atoms with Crippen molar-refractivity contribution in [2.45, 2.75) is 26.3 Å². The van der Waals surface area contributed by atoms with Crippen LogP contribution in [0.4, 0.5) is 0 Å². The molecule has 0 N–H and O–H groups in total. The second-order valence-corrected chi connectivity index (χ2v) is 9.81. The van der Waals surface area contributed by atoms with Crippen molar-refractivity contribution < 1.29 is 18.9 Å². The minimum Gasteiger partial charge on any atom is -0.493 e. The van der Waals surface area contributed by atoms with Crippen LogP contribution in [0.5, 0.6) is 17.2 Å². The first-order valence-electron chi connectivity index (χ1n) is 12.4. The van der Waals surface area contributed by atoms with Gasteiger partial charge in [0.25, 0.3) is 5.56 Å². The van der Waals surface area contributed by atoms with Crippen LogP contribution in [-0.4, -0.2) is 37.5 Å². The summed E-state index contributed by atoms with van der Waals surface area (Å²) in [6, 6.07) is 13.6. The number of hydrogen-bond acceptors (Lipinski definition) is 7. The summed E-state index contributed by atoms with van der Waals surface area (Å²) in [4.78, 5) is 21.0. The largest absolute Gasteiger partial charge is 0.493 e. The van der Waals surface area contributed by atoms with E-state index in [0.717, 1.165) is 40.2 Å². The maximum atomic E-state index is 14.3. The van der Waals surface area contributed by atoms with Crippen molar-refractivity contribution >= 4 is 27.3 Å². The van der Waals surface area contributed by atoms with E-state index in [1.807, 2.05) is 55.5 Å². The minimum atomic E-state index is -0.0852. The summed E-state index contributed by atoms with van der Waals surface area (Å²) in [5, 5.41) is 0.650. The Morgan fingerprint density at radius 1 is 1.05 bits per heavy atom. The SMILES string of the molecule is C=CC1=C(OCC)c2sc3nc(-c4cc(OC)c(OC)c(OC)c4)n(Cc4ccccc4)c(=O)c3c2CC1. The molecule has 0 atom stereocenters. The Hall–Kier alpha value is -4.04. The van der Waals surface area contributed by atoms with Crippen LogP contribution in [0.15, 0.2) is 65.5 Å². The predicted octanol–water partition coefficient (Wildman–Crippen LogP) is 6.08. The Kier molecular flexibility index (Phi) is 7.24. The zero-order valence-electron chi connectivity index (χ0n) is 22.0. The number of hydrogen-bond donors (Lipinski definition) is 0. The third-order valence-corrected chi connectivity index (χ3v) is 7.82. The molecular weight excluding hydrogens is 500 g/mol. The fourth-order valence-electron chi connectivity index (χ4n) is 4.92. The molecule has 0 unspecified atom stereocenters. The van der Waals surface area contributed by atoms with Gasteiger partial charge in [0.05, 0.1) is 44.7 Å².